The number of hydrazone groups is 1. The molecular weight excluding hydrogens is 493 g/mol. The molecule has 2 N–H and O–H groups in total. The van der Waals surface area contributed by atoms with Crippen LogP contribution in [-0.2, 0) is 9.53 Å². The zero-order chi connectivity index (χ0) is 25.5. The third-order valence-corrected chi connectivity index (χ3v) is 5.55. The summed E-state index contributed by atoms with van der Waals surface area (Å²) in [5.74, 6) is -0.961. The highest BCUT2D eigenvalue weighted by Gasteiger charge is 2.25. The topological polar surface area (TPSA) is 110 Å². The third kappa shape index (κ3) is 6.49. The number of benzene rings is 2. The van der Waals surface area contributed by atoms with E-state index >= 15 is 0 Å². The maximum atomic E-state index is 12.7. The van der Waals surface area contributed by atoms with Gasteiger partial charge in [-0.25, -0.2) is 10.2 Å². The Morgan fingerprint density at radius 1 is 1.03 bits per heavy atom. The van der Waals surface area contributed by atoms with Crippen molar-refractivity contribution in [3.8, 4) is 11.3 Å². The first-order chi connectivity index (χ1) is 16.7. The molecule has 0 saturated heterocycles. The number of nitrogens with one attached hydrogen (secondary N) is 2. The fourth-order valence-corrected chi connectivity index (χ4v) is 3.70. The van der Waals surface area contributed by atoms with Crippen molar-refractivity contribution in [3.63, 3.8) is 0 Å². The monoisotopic (exact) mass is 515 g/mol. The molecule has 3 rings (SSSR count). The van der Waals surface area contributed by atoms with Gasteiger partial charge < -0.3 is 14.5 Å². The molecule has 0 aliphatic rings. The first-order valence-corrected chi connectivity index (χ1v) is 11.3. The van der Waals surface area contributed by atoms with Crippen LogP contribution >= 0.6 is 23.2 Å². The van der Waals surface area contributed by atoms with E-state index in [0.717, 1.165) is 0 Å². The Labute approximate surface area is 212 Å². The van der Waals surface area contributed by atoms with Crippen molar-refractivity contribution in [2.75, 3.05) is 7.11 Å². The second kappa shape index (κ2) is 11.7. The van der Waals surface area contributed by atoms with Gasteiger partial charge in [0, 0.05) is 10.6 Å². The van der Waals surface area contributed by atoms with Gasteiger partial charge in [-0.2, -0.15) is 5.10 Å². The van der Waals surface area contributed by atoms with Gasteiger partial charge in [0.15, 0.2) is 0 Å². The smallest absolute Gasteiger partial charge is 0.338 e. The lowest BCUT2D eigenvalue weighted by Crippen LogP contribution is -2.48. The fourth-order valence-electron chi connectivity index (χ4n) is 3.21. The van der Waals surface area contributed by atoms with Crippen LogP contribution in [0.1, 0.15) is 40.3 Å². The van der Waals surface area contributed by atoms with Crippen LogP contribution in [0.3, 0.4) is 0 Å². The summed E-state index contributed by atoms with van der Waals surface area (Å²) < 4.78 is 10.5. The summed E-state index contributed by atoms with van der Waals surface area (Å²) in [5.41, 5.74) is 3.53. The SMILES string of the molecule is COC(=O)c1ccccc1-c1ccc(/C=N\NC(=O)C(NC(=O)c2ccc(Cl)cc2Cl)C(C)C)o1. The Hall–Kier alpha value is -3.62. The van der Waals surface area contributed by atoms with Crippen LogP contribution < -0.4 is 10.7 Å². The quantitative estimate of drug-likeness (QED) is 0.250. The maximum Gasteiger partial charge on any atom is 0.338 e. The highest BCUT2D eigenvalue weighted by molar-refractivity contribution is 6.36. The molecule has 8 nitrogen and oxygen atoms in total. The molecule has 0 radical (unpaired) electrons. The second-order valence-electron chi connectivity index (χ2n) is 7.79. The summed E-state index contributed by atoms with van der Waals surface area (Å²) in [6, 6.07) is 13.8. The largest absolute Gasteiger partial charge is 0.465 e. The van der Waals surface area contributed by atoms with E-state index in [2.05, 4.69) is 15.8 Å². The van der Waals surface area contributed by atoms with E-state index in [9.17, 15) is 14.4 Å². The average Bonchev–Trinajstić information content (AvgIpc) is 3.30. The lowest BCUT2D eigenvalue weighted by atomic mass is 10.0. The second-order valence-corrected chi connectivity index (χ2v) is 8.64. The molecule has 10 heteroatoms. The maximum absolute atomic E-state index is 12.7. The predicted molar refractivity (Wildman–Crippen MR) is 134 cm³/mol. The first-order valence-electron chi connectivity index (χ1n) is 10.6. The van der Waals surface area contributed by atoms with Crippen molar-refractivity contribution in [1.29, 1.82) is 0 Å². The zero-order valence-corrected chi connectivity index (χ0v) is 20.7. The van der Waals surface area contributed by atoms with Crippen LogP contribution in [0.4, 0.5) is 0 Å². The summed E-state index contributed by atoms with van der Waals surface area (Å²) in [6.45, 7) is 3.57. The van der Waals surface area contributed by atoms with E-state index in [1.807, 2.05) is 0 Å². The Balaban J connectivity index is 1.68. The number of methoxy groups -OCH3 is 1. The van der Waals surface area contributed by atoms with Gasteiger partial charge >= 0.3 is 5.97 Å². The van der Waals surface area contributed by atoms with E-state index in [1.54, 1.807) is 50.2 Å². The molecule has 35 heavy (non-hydrogen) atoms. The first kappa shape index (κ1) is 26.0. The number of hydrogen-bond donors (Lipinski definition) is 2. The van der Waals surface area contributed by atoms with Gasteiger partial charge in [-0.1, -0.05) is 55.2 Å². The van der Waals surface area contributed by atoms with Gasteiger partial charge in [0.2, 0.25) is 0 Å². The molecule has 2 amide bonds. The van der Waals surface area contributed by atoms with Crippen LogP contribution in [0.25, 0.3) is 11.3 Å². The molecule has 0 aliphatic carbocycles. The summed E-state index contributed by atoms with van der Waals surface area (Å²) >= 11 is 12.0. The number of halogens is 2. The van der Waals surface area contributed by atoms with Crippen LogP contribution in [0.2, 0.25) is 10.0 Å². The van der Waals surface area contributed by atoms with Gasteiger partial charge in [0.25, 0.3) is 11.8 Å². The van der Waals surface area contributed by atoms with Crippen molar-refractivity contribution < 1.29 is 23.5 Å². The number of esters is 1. The predicted octanol–water partition coefficient (Wildman–Crippen LogP) is 4.94. The molecule has 0 spiro atoms. The van der Waals surface area contributed by atoms with Gasteiger partial charge in [0.05, 0.1) is 29.5 Å². The molecule has 0 saturated carbocycles. The minimum Gasteiger partial charge on any atom is -0.465 e. The van der Waals surface area contributed by atoms with Crippen molar-refractivity contribution >= 4 is 47.2 Å². The Morgan fingerprint density at radius 3 is 2.46 bits per heavy atom. The van der Waals surface area contributed by atoms with E-state index in [-0.39, 0.29) is 16.5 Å². The molecule has 182 valence electrons. The molecule has 0 fully saturated rings. The van der Waals surface area contributed by atoms with Crippen molar-refractivity contribution in [2.45, 2.75) is 19.9 Å². The lowest BCUT2D eigenvalue weighted by molar-refractivity contribution is -0.123. The van der Waals surface area contributed by atoms with Gasteiger partial charge in [-0.15, -0.1) is 0 Å². The Morgan fingerprint density at radius 2 is 1.77 bits per heavy atom. The molecule has 3 aromatic rings. The normalized spacial score (nSPS) is 11.9. The number of rotatable bonds is 8. The van der Waals surface area contributed by atoms with Crippen LogP contribution in [0.5, 0.6) is 0 Å². The van der Waals surface area contributed by atoms with Crippen molar-refractivity contribution in [2.24, 2.45) is 11.0 Å². The zero-order valence-electron chi connectivity index (χ0n) is 19.2. The van der Waals surface area contributed by atoms with E-state index in [4.69, 9.17) is 32.4 Å². The highest BCUT2D eigenvalue weighted by Crippen LogP contribution is 2.26. The van der Waals surface area contributed by atoms with Gasteiger partial charge in [-0.05, 0) is 42.3 Å². The summed E-state index contributed by atoms with van der Waals surface area (Å²) in [4.78, 5) is 37.3. The minimum absolute atomic E-state index is 0.179. The van der Waals surface area contributed by atoms with E-state index < -0.39 is 23.8 Å². The van der Waals surface area contributed by atoms with E-state index in [0.29, 0.717) is 27.7 Å². The molecular formula is C25H23Cl2N3O5. The Bertz CT molecular complexity index is 1270. The molecule has 1 aromatic heterocycles. The van der Waals surface area contributed by atoms with Crippen LogP contribution in [0.15, 0.2) is 64.1 Å². The molecule has 1 heterocycles. The number of furan rings is 1. The summed E-state index contributed by atoms with van der Waals surface area (Å²) in [7, 11) is 1.30. The van der Waals surface area contributed by atoms with E-state index in [1.165, 1.54) is 31.5 Å². The number of ether oxygens (including phenoxy) is 1. The highest BCUT2D eigenvalue weighted by atomic mass is 35.5. The summed E-state index contributed by atoms with van der Waals surface area (Å²) in [5, 5.41) is 7.18. The molecule has 0 bridgehead atoms. The molecule has 0 aliphatic heterocycles. The molecule has 1 atom stereocenters. The number of hydrogen-bond acceptors (Lipinski definition) is 6. The van der Waals surface area contributed by atoms with Gasteiger partial charge in [0.1, 0.15) is 17.6 Å². The Kier molecular flexibility index (Phi) is 8.68. The number of carbonyl (C=O) groups is 3. The standard InChI is InChI=1S/C25H23Cl2N3O5/c1-14(2)22(29-23(31)19-10-8-15(26)12-20(19)27)24(32)30-28-13-16-9-11-21(35-16)17-6-4-5-7-18(17)25(33)34-3/h4-14,22H,1-3H3,(H,29,31)(H,30,32)/b28-13-. The van der Waals surface area contributed by atoms with Crippen LogP contribution in [0, 0.1) is 5.92 Å². The van der Waals surface area contributed by atoms with Crippen LogP contribution in [-0.4, -0.2) is 37.1 Å². The fraction of sp³-hybridized carbons (Fsp3) is 0.200. The number of carbonyl (C=O) groups excluding carboxylic acids is 3. The van der Waals surface area contributed by atoms with Gasteiger partial charge in [-0.3, -0.25) is 9.59 Å². The number of amides is 2. The van der Waals surface area contributed by atoms with Crippen molar-refractivity contribution in [1.82, 2.24) is 10.7 Å². The average molecular weight is 516 g/mol. The van der Waals surface area contributed by atoms with Crippen molar-refractivity contribution in [3.05, 3.63) is 81.5 Å². The summed E-state index contributed by atoms with van der Waals surface area (Å²) in [6.07, 6.45) is 1.32. The minimum atomic E-state index is -0.870. The molecule has 2 aromatic carbocycles. The molecule has 1 unspecified atom stereocenters. The number of nitrogens with zero attached hydrogens (tertiary/aromatic N) is 1. The third-order valence-electron chi connectivity index (χ3n) is 5.00. The lowest BCUT2D eigenvalue weighted by Gasteiger charge is -2.20.